The number of rotatable bonds is 7. The molecular formula is C13H19Br2NO2. The van der Waals surface area contributed by atoms with Crippen molar-refractivity contribution in [2.75, 3.05) is 13.2 Å². The molecule has 5 heteroatoms. The Morgan fingerprint density at radius 3 is 2.72 bits per heavy atom. The van der Waals surface area contributed by atoms with Crippen molar-refractivity contribution in [1.29, 1.82) is 0 Å². The molecule has 0 spiro atoms. The van der Waals surface area contributed by atoms with E-state index in [4.69, 9.17) is 9.84 Å². The fraction of sp³-hybridized carbons (Fsp3) is 0.538. The molecule has 1 rings (SSSR count). The quantitative estimate of drug-likeness (QED) is 0.760. The van der Waals surface area contributed by atoms with Gasteiger partial charge in [-0.1, -0.05) is 15.9 Å². The fourth-order valence-electron chi connectivity index (χ4n) is 1.63. The van der Waals surface area contributed by atoms with Crippen LogP contribution in [0.2, 0.25) is 0 Å². The first-order valence-corrected chi connectivity index (χ1v) is 7.62. The Balaban J connectivity index is 2.79. The third-order valence-corrected chi connectivity index (χ3v) is 3.62. The van der Waals surface area contributed by atoms with Gasteiger partial charge in [-0.2, -0.15) is 0 Å². The fourth-order valence-corrected chi connectivity index (χ4v) is 3.06. The molecule has 2 N–H and O–H groups in total. The van der Waals surface area contributed by atoms with Crippen molar-refractivity contribution in [3.63, 3.8) is 0 Å². The predicted octanol–water partition coefficient (Wildman–Crippen LogP) is 3.47. The molecule has 102 valence electrons. The smallest absolute Gasteiger partial charge is 0.138 e. The number of aliphatic hydroxyl groups excluding tert-OH is 1. The van der Waals surface area contributed by atoms with Crippen LogP contribution in [0.15, 0.2) is 21.1 Å². The lowest BCUT2D eigenvalue weighted by molar-refractivity contribution is 0.268. The van der Waals surface area contributed by atoms with E-state index in [-0.39, 0.29) is 12.6 Å². The molecule has 1 aromatic rings. The first-order chi connectivity index (χ1) is 8.58. The summed E-state index contributed by atoms with van der Waals surface area (Å²) in [4.78, 5) is 0. The number of benzene rings is 1. The summed E-state index contributed by atoms with van der Waals surface area (Å²) in [6.45, 7) is 5.59. The van der Waals surface area contributed by atoms with E-state index < -0.39 is 0 Å². The lowest BCUT2D eigenvalue weighted by atomic mass is 10.1. The van der Waals surface area contributed by atoms with Gasteiger partial charge in [-0.25, -0.2) is 0 Å². The minimum absolute atomic E-state index is 0.203. The third-order valence-electron chi connectivity index (χ3n) is 2.58. The van der Waals surface area contributed by atoms with Gasteiger partial charge in [-0.05, 0) is 48.3 Å². The van der Waals surface area contributed by atoms with Crippen molar-refractivity contribution in [2.24, 2.45) is 0 Å². The van der Waals surface area contributed by atoms with E-state index in [2.05, 4.69) is 50.2 Å². The highest BCUT2D eigenvalue weighted by Crippen LogP contribution is 2.33. The van der Waals surface area contributed by atoms with Crippen molar-refractivity contribution in [2.45, 2.75) is 32.9 Å². The van der Waals surface area contributed by atoms with E-state index in [1.54, 1.807) is 0 Å². The highest BCUT2D eigenvalue weighted by molar-refractivity contribution is 9.11. The monoisotopic (exact) mass is 379 g/mol. The average molecular weight is 381 g/mol. The number of ether oxygens (including phenoxy) is 1. The molecule has 1 unspecified atom stereocenters. The molecule has 0 heterocycles. The van der Waals surface area contributed by atoms with Gasteiger partial charge in [-0.15, -0.1) is 0 Å². The summed E-state index contributed by atoms with van der Waals surface area (Å²) in [5.41, 5.74) is 1.10. The van der Waals surface area contributed by atoms with Gasteiger partial charge in [0.1, 0.15) is 5.75 Å². The highest BCUT2D eigenvalue weighted by Gasteiger charge is 2.11. The van der Waals surface area contributed by atoms with Crippen LogP contribution in [0.3, 0.4) is 0 Å². The van der Waals surface area contributed by atoms with E-state index in [1.807, 2.05) is 13.0 Å². The molecule has 3 nitrogen and oxygen atoms in total. The second kappa shape index (κ2) is 8.15. The molecule has 0 aliphatic carbocycles. The summed E-state index contributed by atoms with van der Waals surface area (Å²) in [6, 6.07) is 4.31. The summed E-state index contributed by atoms with van der Waals surface area (Å²) < 4.78 is 7.63. The number of aliphatic hydroxyl groups is 1. The lowest BCUT2D eigenvalue weighted by Gasteiger charge is -2.16. The summed E-state index contributed by atoms with van der Waals surface area (Å²) in [5.74, 6) is 0.879. The van der Waals surface area contributed by atoms with Crippen molar-refractivity contribution < 1.29 is 9.84 Å². The van der Waals surface area contributed by atoms with E-state index in [9.17, 15) is 0 Å². The van der Waals surface area contributed by atoms with Gasteiger partial charge in [0, 0.05) is 29.2 Å². The Labute approximate surface area is 125 Å². The summed E-state index contributed by atoms with van der Waals surface area (Å²) in [5, 5.41) is 12.3. The van der Waals surface area contributed by atoms with Gasteiger partial charge in [0.15, 0.2) is 0 Å². The molecule has 18 heavy (non-hydrogen) atoms. The minimum atomic E-state index is 0.203. The van der Waals surface area contributed by atoms with E-state index in [1.165, 1.54) is 0 Å². The highest BCUT2D eigenvalue weighted by atomic mass is 79.9. The van der Waals surface area contributed by atoms with E-state index >= 15 is 0 Å². The van der Waals surface area contributed by atoms with Crippen LogP contribution < -0.4 is 10.1 Å². The molecule has 1 aromatic carbocycles. The number of hydrogen-bond donors (Lipinski definition) is 2. The van der Waals surface area contributed by atoms with E-state index in [0.717, 1.165) is 26.7 Å². The number of nitrogens with one attached hydrogen (secondary N) is 1. The normalized spacial score (nSPS) is 12.5. The Morgan fingerprint density at radius 1 is 1.39 bits per heavy atom. The van der Waals surface area contributed by atoms with Crippen LogP contribution in [0.25, 0.3) is 0 Å². The van der Waals surface area contributed by atoms with Gasteiger partial charge < -0.3 is 15.2 Å². The molecule has 0 saturated carbocycles. The molecule has 1 atom stereocenters. The molecule has 0 bridgehead atoms. The van der Waals surface area contributed by atoms with Crippen LogP contribution in [0.4, 0.5) is 0 Å². The predicted molar refractivity (Wildman–Crippen MR) is 81.0 cm³/mol. The van der Waals surface area contributed by atoms with Crippen molar-refractivity contribution in [3.8, 4) is 5.75 Å². The van der Waals surface area contributed by atoms with Gasteiger partial charge in [0.25, 0.3) is 0 Å². The first-order valence-electron chi connectivity index (χ1n) is 6.03. The minimum Gasteiger partial charge on any atom is -0.492 e. The Kier molecular flexibility index (Phi) is 7.22. The molecule has 0 aliphatic heterocycles. The summed E-state index contributed by atoms with van der Waals surface area (Å²) in [6.07, 6.45) is 0.749. The Morgan fingerprint density at radius 2 is 2.11 bits per heavy atom. The topological polar surface area (TPSA) is 41.5 Å². The van der Waals surface area contributed by atoms with Gasteiger partial charge in [-0.3, -0.25) is 0 Å². The second-order valence-electron chi connectivity index (χ2n) is 4.10. The van der Waals surface area contributed by atoms with Crippen LogP contribution in [0.1, 0.15) is 25.8 Å². The van der Waals surface area contributed by atoms with Crippen molar-refractivity contribution in [1.82, 2.24) is 5.32 Å². The first kappa shape index (κ1) is 16.0. The van der Waals surface area contributed by atoms with Crippen LogP contribution in [0.5, 0.6) is 5.75 Å². The largest absolute Gasteiger partial charge is 0.492 e. The molecule has 0 saturated heterocycles. The Bertz CT molecular complexity index is 385. The third kappa shape index (κ3) is 4.88. The maximum Gasteiger partial charge on any atom is 0.138 e. The summed E-state index contributed by atoms with van der Waals surface area (Å²) >= 11 is 7.00. The maximum atomic E-state index is 8.88. The maximum absolute atomic E-state index is 8.88. The van der Waals surface area contributed by atoms with Gasteiger partial charge >= 0.3 is 0 Å². The Hall–Kier alpha value is -0.100. The lowest BCUT2D eigenvalue weighted by Crippen LogP contribution is -2.26. The standard InChI is InChI=1S/C13H19Br2NO2/c1-3-18-13-10(6-11(14)7-12(13)15)8-16-9(2)4-5-17/h6-7,9,16-17H,3-5,8H2,1-2H3. The molecule has 0 radical (unpaired) electrons. The molecular weight excluding hydrogens is 362 g/mol. The molecule has 0 amide bonds. The number of hydrogen-bond acceptors (Lipinski definition) is 3. The van der Waals surface area contributed by atoms with Crippen LogP contribution in [0, 0.1) is 0 Å². The zero-order valence-electron chi connectivity index (χ0n) is 10.7. The van der Waals surface area contributed by atoms with Crippen LogP contribution >= 0.6 is 31.9 Å². The van der Waals surface area contributed by atoms with Crippen molar-refractivity contribution >= 4 is 31.9 Å². The molecule has 0 aromatic heterocycles. The van der Waals surface area contributed by atoms with Gasteiger partial charge in [0.05, 0.1) is 11.1 Å². The SMILES string of the molecule is CCOc1c(Br)cc(Br)cc1CNC(C)CCO. The zero-order valence-corrected chi connectivity index (χ0v) is 13.8. The average Bonchev–Trinajstić information content (AvgIpc) is 2.31. The number of halogens is 2. The van der Waals surface area contributed by atoms with Crippen LogP contribution in [-0.4, -0.2) is 24.4 Å². The molecule has 0 fully saturated rings. The second-order valence-corrected chi connectivity index (χ2v) is 5.87. The van der Waals surface area contributed by atoms with Crippen molar-refractivity contribution in [3.05, 3.63) is 26.6 Å². The molecule has 0 aliphatic rings. The van der Waals surface area contributed by atoms with Crippen LogP contribution in [-0.2, 0) is 6.54 Å². The summed E-state index contributed by atoms with van der Waals surface area (Å²) in [7, 11) is 0. The van der Waals surface area contributed by atoms with E-state index in [0.29, 0.717) is 13.2 Å². The van der Waals surface area contributed by atoms with Gasteiger partial charge in [0.2, 0.25) is 0 Å². The zero-order chi connectivity index (χ0) is 13.5.